The van der Waals surface area contributed by atoms with Crippen LogP contribution in [-0.4, -0.2) is 37.5 Å². The smallest absolute Gasteiger partial charge is 0.227 e. The van der Waals surface area contributed by atoms with Crippen molar-refractivity contribution in [3.05, 3.63) is 23.8 Å². The zero-order chi connectivity index (χ0) is 18.6. The largest absolute Gasteiger partial charge is 0.372 e. The average molecular weight is 345 g/mol. The molecule has 5 nitrogen and oxygen atoms in total. The topological polar surface area (TPSA) is 52.7 Å². The Labute approximate surface area is 151 Å². The van der Waals surface area contributed by atoms with Gasteiger partial charge in [0.1, 0.15) is 0 Å². The number of anilines is 2. The van der Waals surface area contributed by atoms with Gasteiger partial charge in [-0.1, -0.05) is 6.92 Å². The number of nitrogens with zero attached hydrogens (tertiary/aromatic N) is 2. The molecule has 5 heteroatoms. The van der Waals surface area contributed by atoms with Gasteiger partial charge >= 0.3 is 0 Å². The second-order valence-corrected chi connectivity index (χ2v) is 6.87. The van der Waals surface area contributed by atoms with Gasteiger partial charge in [0.25, 0.3) is 0 Å². The van der Waals surface area contributed by atoms with Gasteiger partial charge in [0, 0.05) is 43.5 Å². The van der Waals surface area contributed by atoms with E-state index in [1.807, 2.05) is 26.8 Å². The Kier molecular flexibility index (Phi) is 6.45. The summed E-state index contributed by atoms with van der Waals surface area (Å²) < 4.78 is 0. The van der Waals surface area contributed by atoms with Crippen molar-refractivity contribution in [2.75, 3.05) is 29.4 Å². The molecule has 0 radical (unpaired) electrons. The Morgan fingerprint density at radius 2 is 2.00 bits per heavy atom. The summed E-state index contributed by atoms with van der Waals surface area (Å²) in [7, 11) is 0. The molecule has 138 valence electrons. The number of carbonyl (C=O) groups is 2. The summed E-state index contributed by atoms with van der Waals surface area (Å²) >= 11 is 0. The quantitative estimate of drug-likeness (QED) is 0.826. The normalized spacial score (nSPS) is 18.4. The van der Waals surface area contributed by atoms with Crippen LogP contribution in [0.3, 0.4) is 0 Å². The summed E-state index contributed by atoms with van der Waals surface area (Å²) in [6.07, 6.45) is 1.18. The van der Waals surface area contributed by atoms with Crippen LogP contribution in [0.15, 0.2) is 18.2 Å². The van der Waals surface area contributed by atoms with Crippen molar-refractivity contribution in [2.24, 2.45) is 5.92 Å². The van der Waals surface area contributed by atoms with Crippen LogP contribution in [0, 0.1) is 12.8 Å². The zero-order valence-electron chi connectivity index (χ0n) is 16.1. The van der Waals surface area contributed by atoms with E-state index in [0.29, 0.717) is 13.0 Å². The molecule has 0 aliphatic carbocycles. The van der Waals surface area contributed by atoms with Crippen LogP contribution < -0.4 is 15.1 Å². The minimum Gasteiger partial charge on any atom is -0.372 e. The van der Waals surface area contributed by atoms with Gasteiger partial charge in [-0.3, -0.25) is 9.59 Å². The molecule has 0 bridgehead atoms. The van der Waals surface area contributed by atoms with Gasteiger partial charge in [-0.25, -0.2) is 0 Å². The first-order valence-electron chi connectivity index (χ1n) is 9.37. The van der Waals surface area contributed by atoms with Gasteiger partial charge in [-0.15, -0.1) is 0 Å². The highest BCUT2D eigenvalue weighted by atomic mass is 16.2. The van der Waals surface area contributed by atoms with Crippen molar-refractivity contribution >= 4 is 23.2 Å². The monoisotopic (exact) mass is 345 g/mol. The van der Waals surface area contributed by atoms with Crippen LogP contribution in [0.1, 0.15) is 46.1 Å². The molecule has 0 spiro atoms. The van der Waals surface area contributed by atoms with Crippen molar-refractivity contribution in [2.45, 2.75) is 53.5 Å². The van der Waals surface area contributed by atoms with Gasteiger partial charge in [-0.05, 0) is 57.9 Å². The second-order valence-electron chi connectivity index (χ2n) is 6.87. The molecule has 1 aromatic carbocycles. The van der Waals surface area contributed by atoms with Crippen LogP contribution in [0.25, 0.3) is 0 Å². The second kappa shape index (κ2) is 8.37. The first-order chi connectivity index (χ1) is 11.9. The summed E-state index contributed by atoms with van der Waals surface area (Å²) in [5.74, 6) is -0.242. The lowest BCUT2D eigenvalue weighted by atomic mass is 10.1. The first-order valence-corrected chi connectivity index (χ1v) is 9.37. The highest BCUT2D eigenvalue weighted by Crippen LogP contribution is 2.30. The standard InChI is InChI=1S/C20H31N3O2/c1-6-15(5)21-20(25)16-12-19(24)23(13-16)18-10-9-17(11-14(18)4)22(7-2)8-3/h9-11,15-16H,6-8,12-13H2,1-5H3,(H,21,25). The van der Waals surface area contributed by atoms with Gasteiger partial charge in [0.05, 0.1) is 5.92 Å². The van der Waals surface area contributed by atoms with E-state index in [0.717, 1.165) is 30.8 Å². The molecule has 2 unspecified atom stereocenters. The lowest BCUT2D eigenvalue weighted by Gasteiger charge is -2.24. The predicted octanol–water partition coefficient (Wildman–Crippen LogP) is 3.11. The summed E-state index contributed by atoms with van der Waals surface area (Å²) in [6.45, 7) is 12.7. The molecule has 1 fully saturated rings. The number of rotatable bonds is 7. The lowest BCUT2D eigenvalue weighted by molar-refractivity contribution is -0.126. The minimum atomic E-state index is -0.261. The third-order valence-electron chi connectivity index (χ3n) is 5.10. The minimum absolute atomic E-state index is 0.0115. The molecular formula is C20H31N3O2. The van der Waals surface area contributed by atoms with Crippen LogP contribution >= 0.6 is 0 Å². The van der Waals surface area contributed by atoms with Gasteiger partial charge in [0.2, 0.25) is 11.8 Å². The number of carbonyl (C=O) groups excluding carboxylic acids is 2. The molecule has 1 aliphatic rings. The maximum absolute atomic E-state index is 12.5. The lowest BCUT2D eigenvalue weighted by Crippen LogP contribution is -2.38. The fourth-order valence-electron chi connectivity index (χ4n) is 3.31. The van der Waals surface area contributed by atoms with E-state index >= 15 is 0 Å². The van der Waals surface area contributed by atoms with E-state index < -0.39 is 0 Å². The number of hydrogen-bond donors (Lipinski definition) is 1. The number of aryl methyl sites for hydroxylation is 1. The Bertz CT molecular complexity index is 625. The maximum atomic E-state index is 12.5. The molecule has 1 N–H and O–H groups in total. The molecule has 2 rings (SSSR count). The summed E-state index contributed by atoms with van der Waals surface area (Å²) in [5, 5.41) is 2.99. The Balaban J connectivity index is 2.14. The van der Waals surface area contributed by atoms with Crippen LogP contribution in [0.4, 0.5) is 11.4 Å². The van der Waals surface area contributed by atoms with E-state index in [4.69, 9.17) is 0 Å². The number of nitrogens with one attached hydrogen (secondary N) is 1. The van der Waals surface area contributed by atoms with Crippen LogP contribution in [0.5, 0.6) is 0 Å². The molecule has 1 saturated heterocycles. The Hall–Kier alpha value is -2.04. The highest BCUT2D eigenvalue weighted by molar-refractivity contribution is 6.01. The maximum Gasteiger partial charge on any atom is 0.227 e. The summed E-state index contributed by atoms with van der Waals surface area (Å²) in [6, 6.07) is 6.35. The SMILES string of the molecule is CCC(C)NC(=O)C1CC(=O)N(c2ccc(N(CC)CC)cc2C)C1. The van der Waals surface area contributed by atoms with E-state index in [-0.39, 0.29) is 23.8 Å². The van der Waals surface area contributed by atoms with Crippen LogP contribution in [-0.2, 0) is 9.59 Å². The molecule has 25 heavy (non-hydrogen) atoms. The van der Waals surface area contributed by atoms with Crippen molar-refractivity contribution < 1.29 is 9.59 Å². The van der Waals surface area contributed by atoms with Crippen LogP contribution in [0.2, 0.25) is 0 Å². The molecule has 1 aromatic rings. The van der Waals surface area contributed by atoms with Crippen molar-refractivity contribution in [1.29, 1.82) is 0 Å². The molecule has 0 aromatic heterocycles. The molecule has 0 saturated carbocycles. The third-order valence-corrected chi connectivity index (χ3v) is 5.10. The first kappa shape index (κ1) is 19.3. The van der Waals surface area contributed by atoms with Crippen molar-refractivity contribution in [3.8, 4) is 0 Å². The fourth-order valence-corrected chi connectivity index (χ4v) is 3.31. The third kappa shape index (κ3) is 4.33. The number of amides is 2. The summed E-state index contributed by atoms with van der Waals surface area (Å²) in [4.78, 5) is 28.9. The summed E-state index contributed by atoms with van der Waals surface area (Å²) in [5.41, 5.74) is 3.16. The Morgan fingerprint density at radius 1 is 1.32 bits per heavy atom. The molecule has 1 aliphatic heterocycles. The highest BCUT2D eigenvalue weighted by Gasteiger charge is 2.35. The Morgan fingerprint density at radius 3 is 2.56 bits per heavy atom. The van der Waals surface area contributed by atoms with E-state index in [1.54, 1.807) is 4.90 Å². The van der Waals surface area contributed by atoms with Gasteiger partial charge in [-0.2, -0.15) is 0 Å². The number of hydrogen-bond acceptors (Lipinski definition) is 3. The zero-order valence-corrected chi connectivity index (χ0v) is 16.1. The van der Waals surface area contributed by atoms with Crippen molar-refractivity contribution in [3.63, 3.8) is 0 Å². The molecule has 2 amide bonds. The average Bonchev–Trinajstić information content (AvgIpc) is 2.98. The van der Waals surface area contributed by atoms with Gasteiger partial charge in [0.15, 0.2) is 0 Å². The predicted molar refractivity (Wildman–Crippen MR) is 103 cm³/mol. The molecule has 2 atom stereocenters. The molecular weight excluding hydrogens is 314 g/mol. The van der Waals surface area contributed by atoms with E-state index in [9.17, 15) is 9.59 Å². The van der Waals surface area contributed by atoms with Gasteiger partial charge < -0.3 is 15.1 Å². The number of benzene rings is 1. The van der Waals surface area contributed by atoms with E-state index in [2.05, 4.69) is 36.2 Å². The van der Waals surface area contributed by atoms with Crippen molar-refractivity contribution in [1.82, 2.24) is 5.32 Å². The van der Waals surface area contributed by atoms with E-state index in [1.165, 1.54) is 5.69 Å². The fraction of sp³-hybridized carbons (Fsp3) is 0.600. The molecule has 1 heterocycles.